The summed E-state index contributed by atoms with van der Waals surface area (Å²) in [5.41, 5.74) is -0.742. The summed E-state index contributed by atoms with van der Waals surface area (Å²) < 4.78 is 7.06. The van der Waals surface area contributed by atoms with Crippen molar-refractivity contribution in [3.63, 3.8) is 0 Å². The molecule has 0 bridgehead atoms. The Morgan fingerprint density at radius 3 is 2.89 bits per heavy atom. The Hall–Kier alpha value is -1.90. The first-order valence-electron chi connectivity index (χ1n) is 5.87. The minimum Gasteiger partial charge on any atom is -0.394 e. The molecule has 2 aromatic rings. The summed E-state index contributed by atoms with van der Waals surface area (Å²) in [5.74, 6) is 0. The lowest BCUT2D eigenvalue weighted by Crippen LogP contribution is -2.24. The molecule has 0 saturated carbocycles. The van der Waals surface area contributed by atoms with Gasteiger partial charge in [-0.2, -0.15) is 0 Å². The van der Waals surface area contributed by atoms with Crippen LogP contribution in [0.15, 0.2) is 21.9 Å². The van der Waals surface area contributed by atoms with Crippen LogP contribution in [0.25, 0.3) is 11.0 Å². The quantitative estimate of drug-likeness (QED) is 0.536. The Bertz CT molecular complexity index is 715. The number of aromatic amines is 2. The summed E-state index contributed by atoms with van der Waals surface area (Å²) in [5, 5.41) is 19.1. The molecular weight excluding hydrogens is 254 g/mol. The third-order valence-electron chi connectivity index (χ3n) is 3.31. The summed E-state index contributed by atoms with van der Waals surface area (Å²) >= 11 is 0. The van der Waals surface area contributed by atoms with Crippen molar-refractivity contribution in [1.82, 2.24) is 14.5 Å². The summed E-state index contributed by atoms with van der Waals surface area (Å²) in [6, 6.07) is 1.56. The molecule has 3 rings (SSSR count). The Labute approximate surface area is 106 Å². The number of nitrogens with one attached hydrogen (secondary N) is 2. The zero-order valence-electron chi connectivity index (χ0n) is 9.87. The predicted octanol–water partition coefficient (Wildman–Crippen LogP) is -1.34. The zero-order valence-corrected chi connectivity index (χ0v) is 9.87. The molecule has 3 heterocycles. The van der Waals surface area contributed by atoms with E-state index in [1.165, 1.54) is 0 Å². The monoisotopic (exact) mass is 267 g/mol. The van der Waals surface area contributed by atoms with Crippen molar-refractivity contribution in [2.75, 3.05) is 6.61 Å². The van der Waals surface area contributed by atoms with E-state index in [1.54, 1.807) is 16.8 Å². The molecule has 2 aromatic heterocycles. The first-order valence-corrected chi connectivity index (χ1v) is 5.87. The van der Waals surface area contributed by atoms with Gasteiger partial charge in [0.25, 0.3) is 5.56 Å². The van der Waals surface area contributed by atoms with Crippen molar-refractivity contribution < 1.29 is 14.9 Å². The number of hydrogen-bond acceptors (Lipinski definition) is 5. The molecular formula is C11H13N3O5. The first-order chi connectivity index (χ1) is 9.10. The maximum absolute atomic E-state index is 11.6. The van der Waals surface area contributed by atoms with Crippen LogP contribution in [0.4, 0.5) is 0 Å². The Morgan fingerprint density at radius 2 is 2.21 bits per heavy atom. The molecule has 1 saturated heterocycles. The van der Waals surface area contributed by atoms with Gasteiger partial charge in [-0.1, -0.05) is 0 Å². The average molecular weight is 267 g/mol. The average Bonchev–Trinajstić information content (AvgIpc) is 2.92. The number of hydrogen-bond donors (Lipinski definition) is 4. The van der Waals surface area contributed by atoms with Crippen molar-refractivity contribution in [2.45, 2.75) is 24.9 Å². The van der Waals surface area contributed by atoms with Crippen LogP contribution in [-0.2, 0) is 4.74 Å². The van der Waals surface area contributed by atoms with E-state index >= 15 is 0 Å². The number of ether oxygens (including phenoxy) is 1. The molecule has 0 spiro atoms. The molecule has 1 aliphatic heterocycles. The largest absolute Gasteiger partial charge is 0.394 e. The fourth-order valence-electron chi connectivity index (χ4n) is 2.36. The standard InChI is InChI=1S/C11H13N3O5/c15-4-7-6(16)3-8(19-7)14-2-1-5-9(14)12-11(18)13-10(5)17/h1-2,6-8,15-16H,3-4H2,(H2,12,13,17,18)/t6-,7-,8-/m1/s1. The van der Waals surface area contributed by atoms with E-state index in [2.05, 4.69) is 9.97 Å². The number of aliphatic hydroxyl groups excluding tert-OH is 2. The van der Waals surface area contributed by atoms with Crippen molar-refractivity contribution in [3.8, 4) is 0 Å². The molecule has 8 nitrogen and oxygen atoms in total. The van der Waals surface area contributed by atoms with Crippen LogP contribution < -0.4 is 11.2 Å². The van der Waals surface area contributed by atoms with Gasteiger partial charge in [0.2, 0.25) is 0 Å². The van der Waals surface area contributed by atoms with Gasteiger partial charge in [-0.05, 0) is 6.07 Å². The molecule has 8 heteroatoms. The molecule has 19 heavy (non-hydrogen) atoms. The topological polar surface area (TPSA) is 120 Å². The van der Waals surface area contributed by atoms with Gasteiger partial charge in [-0.15, -0.1) is 0 Å². The van der Waals surface area contributed by atoms with Crippen molar-refractivity contribution in [2.24, 2.45) is 0 Å². The van der Waals surface area contributed by atoms with E-state index in [0.29, 0.717) is 11.0 Å². The fourth-order valence-corrected chi connectivity index (χ4v) is 2.36. The maximum atomic E-state index is 11.6. The van der Waals surface area contributed by atoms with E-state index in [1.807, 2.05) is 0 Å². The van der Waals surface area contributed by atoms with Gasteiger partial charge in [0, 0.05) is 12.6 Å². The third-order valence-corrected chi connectivity index (χ3v) is 3.31. The SMILES string of the molecule is O=c1[nH]c(=O)c2ccn([C@H]3C[C@@H](O)[C@@H](CO)O3)c2[nH]1. The van der Waals surface area contributed by atoms with Crippen LogP contribution in [0.5, 0.6) is 0 Å². The molecule has 4 N–H and O–H groups in total. The highest BCUT2D eigenvalue weighted by atomic mass is 16.5. The van der Waals surface area contributed by atoms with Crippen molar-refractivity contribution >= 4 is 11.0 Å². The van der Waals surface area contributed by atoms with Gasteiger partial charge in [0.1, 0.15) is 18.0 Å². The molecule has 1 fully saturated rings. The zero-order chi connectivity index (χ0) is 13.6. The second-order valence-corrected chi connectivity index (χ2v) is 4.51. The Morgan fingerprint density at radius 1 is 1.42 bits per heavy atom. The van der Waals surface area contributed by atoms with E-state index in [4.69, 9.17) is 9.84 Å². The number of rotatable bonds is 2. The third kappa shape index (κ3) is 1.89. The highest BCUT2D eigenvalue weighted by Gasteiger charge is 2.34. The summed E-state index contributed by atoms with van der Waals surface area (Å²) in [6.45, 7) is -0.284. The molecule has 0 unspecified atom stereocenters. The molecule has 0 radical (unpaired) electrons. The van der Waals surface area contributed by atoms with Crippen LogP contribution in [0.1, 0.15) is 12.6 Å². The second kappa shape index (κ2) is 4.34. The number of aliphatic hydroxyl groups is 2. The minimum atomic E-state index is -0.777. The first kappa shape index (κ1) is 12.2. The second-order valence-electron chi connectivity index (χ2n) is 4.51. The summed E-state index contributed by atoms with van der Waals surface area (Å²) in [4.78, 5) is 27.6. The predicted molar refractivity (Wildman–Crippen MR) is 64.8 cm³/mol. The van der Waals surface area contributed by atoms with Gasteiger partial charge in [0.05, 0.1) is 18.1 Å². The highest BCUT2D eigenvalue weighted by Crippen LogP contribution is 2.30. The Kier molecular flexibility index (Phi) is 2.77. The molecule has 0 aromatic carbocycles. The number of nitrogens with zero attached hydrogens (tertiary/aromatic N) is 1. The Balaban J connectivity index is 2.07. The number of fused-ring (bicyclic) bond motifs is 1. The smallest absolute Gasteiger partial charge is 0.327 e. The normalized spacial score (nSPS) is 27.2. The van der Waals surface area contributed by atoms with Gasteiger partial charge < -0.3 is 19.5 Å². The van der Waals surface area contributed by atoms with Gasteiger partial charge in [0.15, 0.2) is 0 Å². The number of H-pyrrole nitrogens is 2. The van der Waals surface area contributed by atoms with Crippen LogP contribution >= 0.6 is 0 Å². The molecule has 0 amide bonds. The molecule has 3 atom stereocenters. The highest BCUT2D eigenvalue weighted by molar-refractivity contribution is 5.74. The lowest BCUT2D eigenvalue weighted by atomic mass is 10.2. The van der Waals surface area contributed by atoms with Crippen LogP contribution in [0, 0.1) is 0 Å². The lowest BCUT2D eigenvalue weighted by molar-refractivity contribution is -0.0430. The van der Waals surface area contributed by atoms with E-state index < -0.39 is 29.7 Å². The van der Waals surface area contributed by atoms with E-state index in [-0.39, 0.29) is 13.0 Å². The van der Waals surface area contributed by atoms with Crippen LogP contribution in [0.2, 0.25) is 0 Å². The fraction of sp³-hybridized carbons (Fsp3) is 0.455. The maximum Gasteiger partial charge on any atom is 0.327 e. The summed E-state index contributed by atoms with van der Waals surface area (Å²) in [7, 11) is 0. The van der Waals surface area contributed by atoms with E-state index in [9.17, 15) is 14.7 Å². The van der Waals surface area contributed by atoms with Crippen LogP contribution in [0.3, 0.4) is 0 Å². The van der Waals surface area contributed by atoms with Gasteiger partial charge >= 0.3 is 5.69 Å². The van der Waals surface area contributed by atoms with Crippen molar-refractivity contribution in [1.29, 1.82) is 0 Å². The van der Waals surface area contributed by atoms with Gasteiger partial charge in [-0.25, -0.2) is 4.79 Å². The summed E-state index contributed by atoms with van der Waals surface area (Å²) in [6.07, 6.45) is -0.0731. The lowest BCUT2D eigenvalue weighted by Gasteiger charge is -2.14. The van der Waals surface area contributed by atoms with Gasteiger partial charge in [-0.3, -0.25) is 14.8 Å². The molecule has 102 valence electrons. The minimum absolute atomic E-state index is 0.282. The number of aromatic nitrogens is 3. The van der Waals surface area contributed by atoms with Crippen LogP contribution in [-0.4, -0.2) is 43.6 Å². The molecule has 1 aliphatic rings. The van der Waals surface area contributed by atoms with Crippen molar-refractivity contribution in [3.05, 3.63) is 33.1 Å². The molecule has 0 aliphatic carbocycles. The van der Waals surface area contributed by atoms with E-state index in [0.717, 1.165) is 0 Å².